The minimum atomic E-state index is -0.0357. The predicted octanol–water partition coefficient (Wildman–Crippen LogP) is 4.26. The predicted molar refractivity (Wildman–Crippen MR) is 79.2 cm³/mol. The molecule has 0 bridgehead atoms. The molecule has 0 aliphatic heterocycles. The van der Waals surface area contributed by atoms with Crippen LogP contribution < -0.4 is 0 Å². The molecular formula is C16H30O3. The first-order valence-corrected chi connectivity index (χ1v) is 7.60. The number of methoxy groups -OCH3 is 1. The van der Waals surface area contributed by atoms with Gasteiger partial charge < -0.3 is 9.47 Å². The Bertz CT molecular complexity index is 224. The van der Waals surface area contributed by atoms with Crippen LogP contribution in [0.2, 0.25) is 0 Å². The summed E-state index contributed by atoms with van der Waals surface area (Å²) in [7, 11) is 1.69. The summed E-state index contributed by atoms with van der Waals surface area (Å²) >= 11 is 0. The summed E-state index contributed by atoms with van der Waals surface area (Å²) in [5.41, 5.74) is 0. The van der Waals surface area contributed by atoms with Gasteiger partial charge in [-0.2, -0.15) is 0 Å². The average molecular weight is 270 g/mol. The monoisotopic (exact) mass is 270 g/mol. The van der Waals surface area contributed by atoms with Crippen molar-refractivity contribution in [1.82, 2.24) is 0 Å². The second kappa shape index (κ2) is 15.2. The van der Waals surface area contributed by atoms with E-state index in [4.69, 9.17) is 9.47 Å². The summed E-state index contributed by atoms with van der Waals surface area (Å²) in [5, 5.41) is 0. The Hall–Kier alpha value is -0.830. The standard InChI is InChI=1S/C16H30O3/c1-3-4-5-12-15-19-16(17)13-10-8-6-7-9-11-14-18-2/h9,11H,3-8,10,12-15H2,1-2H3/b11-9+. The number of hydrogen-bond donors (Lipinski definition) is 0. The first-order chi connectivity index (χ1) is 9.31. The van der Waals surface area contributed by atoms with Gasteiger partial charge in [0.2, 0.25) is 0 Å². The molecular weight excluding hydrogens is 240 g/mol. The van der Waals surface area contributed by atoms with E-state index in [1.807, 2.05) is 6.08 Å². The lowest BCUT2D eigenvalue weighted by molar-refractivity contribution is -0.143. The lowest BCUT2D eigenvalue weighted by Crippen LogP contribution is -2.05. The van der Waals surface area contributed by atoms with Crippen molar-refractivity contribution in [2.45, 2.75) is 64.7 Å². The van der Waals surface area contributed by atoms with Crippen LogP contribution in [0.25, 0.3) is 0 Å². The third-order valence-electron chi connectivity index (χ3n) is 2.94. The first-order valence-electron chi connectivity index (χ1n) is 7.60. The van der Waals surface area contributed by atoms with Crippen LogP contribution in [0.1, 0.15) is 64.7 Å². The molecule has 112 valence electrons. The van der Waals surface area contributed by atoms with Gasteiger partial charge in [-0.25, -0.2) is 0 Å². The van der Waals surface area contributed by atoms with Gasteiger partial charge in [0, 0.05) is 13.5 Å². The maximum Gasteiger partial charge on any atom is 0.305 e. The zero-order chi connectivity index (χ0) is 14.2. The van der Waals surface area contributed by atoms with E-state index in [2.05, 4.69) is 13.0 Å². The maximum atomic E-state index is 11.4. The number of esters is 1. The van der Waals surface area contributed by atoms with Crippen LogP contribution in [-0.4, -0.2) is 26.3 Å². The Morgan fingerprint density at radius 3 is 2.53 bits per heavy atom. The third-order valence-corrected chi connectivity index (χ3v) is 2.94. The Morgan fingerprint density at radius 2 is 1.79 bits per heavy atom. The van der Waals surface area contributed by atoms with E-state index in [0.717, 1.165) is 38.5 Å². The van der Waals surface area contributed by atoms with Gasteiger partial charge in [0.1, 0.15) is 0 Å². The number of ether oxygens (including phenoxy) is 2. The smallest absolute Gasteiger partial charge is 0.305 e. The minimum Gasteiger partial charge on any atom is -0.466 e. The normalized spacial score (nSPS) is 11.1. The van der Waals surface area contributed by atoms with Gasteiger partial charge in [-0.1, -0.05) is 44.8 Å². The number of rotatable bonds is 13. The van der Waals surface area contributed by atoms with Crippen molar-refractivity contribution >= 4 is 5.97 Å². The highest BCUT2D eigenvalue weighted by Gasteiger charge is 2.01. The molecule has 0 saturated carbocycles. The third kappa shape index (κ3) is 15.1. The van der Waals surface area contributed by atoms with Crippen molar-refractivity contribution in [1.29, 1.82) is 0 Å². The minimum absolute atomic E-state index is 0.0357. The molecule has 0 atom stereocenters. The molecule has 19 heavy (non-hydrogen) atoms. The number of allylic oxidation sites excluding steroid dienone is 1. The molecule has 0 unspecified atom stereocenters. The molecule has 0 rings (SSSR count). The molecule has 3 nitrogen and oxygen atoms in total. The van der Waals surface area contributed by atoms with E-state index in [-0.39, 0.29) is 5.97 Å². The fourth-order valence-corrected chi connectivity index (χ4v) is 1.78. The average Bonchev–Trinajstić information content (AvgIpc) is 2.41. The van der Waals surface area contributed by atoms with E-state index in [1.165, 1.54) is 12.8 Å². The van der Waals surface area contributed by atoms with Gasteiger partial charge in [-0.3, -0.25) is 4.79 Å². The highest BCUT2D eigenvalue weighted by Crippen LogP contribution is 2.06. The van der Waals surface area contributed by atoms with Crippen LogP contribution in [-0.2, 0) is 14.3 Å². The number of hydrogen-bond acceptors (Lipinski definition) is 3. The summed E-state index contributed by atoms with van der Waals surface area (Å²) in [6, 6.07) is 0. The molecule has 0 aliphatic rings. The summed E-state index contributed by atoms with van der Waals surface area (Å²) in [6.07, 6.45) is 13.6. The molecule has 3 heteroatoms. The van der Waals surface area contributed by atoms with Crippen molar-refractivity contribution in [3.05, 3.63) is 12.2 Å². The Kier molecular flexibility index (Phi) is 14.6. The van der Waals surface area contributed by atoms with Crippen LogP contribution in [0.15, 0.2) is 12.2 Å². The molecule has 0 saturated heterocycles. The summed E-state index contributed by atoms with van der Waals surface area (Å²) < 4.78 is 10.1. The van der Waals surface area contributed by atoms with Gasteiger partial charge in [0.05, 0.1) is 13.2 Å². The molecule has 0 aliphatic carbocycles. The Morgan fingerprint density at radius 1 is 1.00 bits per heavy atom. The topological polar surface area (TPSA) is 35.5 Å². The number of carbonyl (C=O) groups excluding carboxylic acids is 1. The molecule has 0 radical (unpaired) electrons. The fraction of sp³-hybridized carbons (Fsp3) is 0.812. The van der Waals surface area contributed by atoms with Crippen molar-refractivity contribution in [2.75, 3.05) is 20.3 Å². The summed E-state index contributed by atoms with van der Waals surface area (Å²) in [5.74, 6) is -0.0357. The summed E-state index contributed by atoms with van der Waals surface area (Å²) in [4.78, 5) is 11.4. The van der Waals surface area contributed by atoms with Gasteiger partial charge in [0.15, 0.2) is 0 Å². The molecule has 0 spiro atoms. The van der Waals surface area contributed by atoms with E-state index in [1.54, 1.807) is 7.11 Å². The van der Waals surface area contributed by atoms with Gasteiger partial charge in [-0.15, -0.1) is 0 Å². The SMILES string of the molecule is CCCCCCOC(=O)CCCCC/C=C/COC. The lowest BCUT2D eigenvalue weighted by atomic mass is 10.1. The van der Waals surface area contributed by atoms with Gasteiger partial charge in [0.25, 0.3) is 0 Å². The van der Waals surface area contributed by atoms with Crippen molar-refractivity contribution < 1.29 is 14.3 Å². The molecule has 0 aromatic carbocycles. The number of unbranched alkanes of at least 4 members (excludes halogenated alkanes) is 6. The number of carbonyl (C=O) groups is 1. The highest BCUT2D eigenvalue weighted by atomic mass is 16.5. The first kappa shape index (κ1) is 18.2. The quantitative estimate of drug-likeness (QED) is 0.285. The maximum absolute atomic E-state index is 11.4. The van der Waals surface area contributed by atoms with E-state index in [9.17, 15) is 4.79 Å². The van der Waals surface area contributed by atoms with E-state index in [0.29, 0.717) is 19.6 Å². The molecule has 0 N–H and O–H groups in total. The fourth-order valence-electron chi connectivity index (χ4n) is 1.78. The highest BCUT2D eigenvalue weighted by molar-refractivity contribution is 5.69. The molecule has 0 heterocycles. The van der Waals surface area contributed by atoms with Crippen molar-refractivity contribution in [3.8, 4) is 0 Å². The molecule has 0 fully saturated rings. The van der Waals surface area contributed by atoms with Crippen LogP contribution >= 0.6 is 0 Å². The van der Waals surface area contributed by atoms with Crippen molar-refractivity contribution in [3.63, 3.8) is 0 Å². The molecule has 0 aromatic heterocycles. The zero-order valence-corrected chi connectivity index (χ0v) is 12.7. The van der Waals surface area contributed by atoms with E-state index < -0.39 is 0 Å². The van der Waals surface area contributed by atoms with Crippen molar-refractivity contribution in [2.24, 2.45) is 0 Å². The van der Waals surface area contributed by atoms with Crippen LogP contribution in [0.3, 0.4) is 0 Å². The largest absolute Gasteiger partial charge is 0.466 e. The molecule has 0 amide bonds. The van der Waals surface area contributed by atoms with Gasteiger partial charge >= 0.3 is 5.97 Å². The van der Waals surface area contributed by atoms with Crippen LogP contribution in [0, 0.1) is 0 Å². The van der Waals surface area contributed by atoms with Crippen LogP contribution in [0.5, 0.6) is 0 Å². The second-order valence-electron chi connectivity index (χ2n) is 4.81. The Balaban J connectivity index is 3.20. The van der Waals surface area contributed by atoms with E-state index >= 15 is 0 Å². The molecule has 0 aromatic rings. The summed E-state index contributed by atoms with van der Waals surface area (Å²) in [6.45, 7) is 3.46. The lowest BCUT2D eigenvalue weighted by Gasteiger charge is -2.04. The Labute approximate surface area is 118 Å². The van der Waals surface area contributed by atoms with Gasteiger partial charge in [-0.05, 0) is 25.7 Å². The van der Waals surface area contributed by atoms with Crippen LogP contribution in [0.4, 0.5) is 0 Å². The zero-order valence-electron chi connectivity index (χ0n) is 12.7. The second-order valence-corrected chi connectivity index (χ2v) is 4.81.